The molecule has 0 unspecified atom stereocenters. The number of nitrogens with one attached hydrogen (secondary N) is 2. The van der Waals surface area contributed by atoms with Gasteiger partial charge in [-0.3, -0.25) is 14.0 Å². The molecule has 0 fully saturated rings. The van der Waals surface area contributed by atoms with Crippen LogP contribution >= 0.6 is 15.9 Å². The lowest BCUT2D eigenvalue weighted by molar-refractivity contribution is 0.0955. The van der Waals surface area contributed by atoms with Gasteiger partial charge in [-0.25, -0.2) is 4.98 Å². The second-order valence-electron chi connectivity index (χ2n) is 5.20. The van der Waals surface area contributed by atoms with Gasteiger partial charge >= 0.3 is 0 Å². The zero-order valence-corrected chi connectivity index (χ0v) is 14.8. The maximum atomic E-state index is 12.6. The number of hydrogen-bond acceptors (Lipinski definition) is 3. The Bertz CT molecular complexity index is 947. The van der Waals surface area contributed by atoms with Gasteiger partial charge in [-0.1, -0.05) is 28.1 Å². The number of aromatic nitrogens is 2. The van der Waals surface area contributed by atoms with E-state index in [1.54, 1.807) is 47.0 Å². The number of pyridine rings is 1. The lowest BCUT2D eigenvalue weighted by Crippen LogP contribution is -2.24. The molecule has 0 aliphatic heterocycles. The molecule has 3 rings (SSSR count). The smallest absolute Gasteiger partial charge is 0.292 e. The first-order valence-corrected chi connectivity index (χ1v) is 8.32. The van der Waals surface area contributed by atoms with E-state index in [0.717, 1.165) is 4.47 Å². The van der Waals surface area contributed by atoms with E-state index in [4.69, 9.17) is 0 Å². The summed E-state index contributed by atoms with van der Waals surface area (Å²) in [4.78, 5) is 29.1. The van der Waals surface area contributed by atoms with Gasteiger partial charge in [0.25, 0.3) is 11.8 Å². The number of halogens is 1. The number of benzene rings is 1. The van der Waals surface area contributed by atoms with Gasteiger partial charge in [0, 0.05) is 22.9 Å². The second-order valence-corrected chi connectivity index (χ2v) is 6.12. The van der Waals surface area contributed by atoms with Crippen LogP contribution in [0, 0.1) is 0 Å². The Kier molecular flexibility index (Phi) is 4.95. The van der Waals surface area contributed by atoms with Gasteiger partial charge in [0.05, 0.1) is 5.52 Å². The first kappa shape index (κ1) is 16.9. The van der Waals surface area contributed by atoms with Crippen molar-refractivity contribution in [2.75, 3.05) is 11.9 Å². The average molecular weight is 399 g/mol. The first-order chi connectivity index (χ1) is 12.1. The number of nitrogens with zero attached hydrogens (tertiary/aromatic N) is 2. The predicted octanol–water partition coefficient (Wildman–Crippen LogP) is 3.26. The molecule has 2 aromatic heterocycles. The number of carbonyl (C=O) groups excluding carboxylic acids is 2. The van der Waals surface area contributed by atoms with Crippen molar-refractivity contribution in [3.8, 4) is 0 Å². The highest BCUT2D eigenvalue weighted by molar-refractivity contribution is 9.10. The number of hydrogen-bond donors (Lipinski definition) is 2. The number of rotatable bonds is 5. The Morgan fingerprint density at radius 3 is 2.64 bits per heavy atom. The molecule has 0 spiro atoms. The van der Waals surface area contributed by atoms with Gasteiger partial charge in [0.1, 0.15) is 0 Å². The summed E-state index contributed by atoms with van der Waals surface area (Å²) in [6.07, 6.45) is 3.28. The molecule has 2 heterocycles. The van der Waals surface area contributed by atoms with Crippen LogP contribution in [0.5, 0.6) is 0 Å². The molecule has 2 N–H and O–H groups in total. The van der Waals surface area contributed by atoms with Gasteiger partial charge < -0.3 is 10.6 Å². The lowest BCUT2D eigenvalue weighted by Gasteiger charge is -2.04. The molecule has 3 aromatic rings. The molecule has 0 saturated carbocycles. The van der Waals surface area contributed by atoms with Gasteiger partial charge in [0.2, 0.25) is 5.82 Å². The van der Waals surface area contributed by atoms with Crippen LogP contribution in [0.2, 0.25) is 0 Å². The Hall–Kier alpha value is -2.93. The Morgan fingerprint density at radius 1 is 1.16 bits per heavy atom. The maximum Gasteiger partial charge on any atom is 0.292 e. The van der Waals surface area contributed by atoms with E-state index in [1.165, 1.54) is 0 Å². The molecule has 0 saturated heterocycles. The summed E-state index contributed by atoms with van der Waals surface area (Å²) >= 11 is 3.35. The van der Waals surface area contributed by atoms with Crippen LogP contribution in [0.15, 0.2) is 65.8 Å². The largest absolute Gasteiger partial charge is 0.347 e. The van der Waals surface area contributed by atoms with Crippen molar-refractivity contribution in [1.82, 2.24) is 14.7 Å². The molecule has 0 bridgehead atoms. The van der Waals surface area contributed by atoms with Crippen LogP contribution < -0.4 is 10.6 Å². The number of fused-ring (bicyclic) bond motifs is 1. The van der Waals surface area contributed by atoms with Crippen molar-refractivity contribution >= 4 is 38.9 Å². The fourth-order valence-electron chi connectivity index (χ4n) is 2.33. The number of imidazole rings is 1. The molecule has 0 radical (unpaired) electrons. The van der Waals surface area contributed by atoms with Crippen LogP contribution in [0.4, 0.5) is 5.69 Å². The highest BCUT2D eigenvalue weighted by atomic mass is 79.9. The summed E-state index contributed by atoms with van der Waals surface area (Å²) in [6, 6.07) is 12.5. The van der Waals surface area contributed by atoms with Crippen LogP contribution in [-0.4, -0.2) is 27.7 Å². The van der Waals surface area contributed by atoms with E-state index < -0.39 is 5.91 Å². The molecule has 0 aliphatic rings. The Labute approximate surface area is 152 Å². The summed E-state index contributed by atoms with van der Waals surface area (Å²) in [7, 11) is 0. The molecular formula is C18H15BrN4O2. The van der Waals surface area contributed by atoms with Crippen molar-refractivity contribution in [3.63, 3.8) is 0 Å². The van der Waals surface area contributed by atoms with E-state index >= 15 is 0 Å². The molecule has 0 atom stereocenters. The predicted molar refractivity (Wildman–Crippen MR) is 99.8 cm³/mol. The molecule has 6 nitrogen and oxygen atoms in total. The van der Waals surface area contributed by atoms with Crippen LogP contribution in [0.3, 0.4) is 0 Å². The van der Waals surface area contributed by atoms with E-state index in [2.05, 4.69) is 38.1 Å². The molecule has 2 amide bonds. The summed E-state index contributed by atoms with van der Waals surface area (Å²) in [5.74, 6) is -0.611. The second kappa shape index (κ2) is 7.31. The van der Waals surface area contributed by atoms with Crippen molar-refractivity contribution in [3.05, 3.63) is 77.3 Å². The van der Waals surface area contributed by atoms with E-state index in [0.29, 0.717) is 17.7 Å². The normalized spacial score (nSPS) is 10.4. The van der Waals surface area contributed by atoms with Crippen LogP contribution in [0.25, 0.3) is 5.52 Å². The van der Waals surface area contributed by atoms with Crippen LogP contribution in [-0.2, 0) is 0 Å². The van der Waals surface area contributed by atoms with Gasteiger partial charge in [-0.15, -0.1) is 6.58 Å². The molecule has 1 aromatic carbocycles. The summed E-state index contributed by atoms with van der Waals surface area (Å²) in [6.45, 7) is 3.89. The SMILES string of the molecule is C=CCNC(=O)c1nc(C(=O)Nc2ccc(Br)cc2)n2ccccc12. The minimum atomic E-state index is -0.397. The third kappa shape index (κ3) is 3.61. The molecule has 25 heavy (non-hydrogen) atoms. The molecule has 0 aliphatic carbocycles. The lowest BCUT2D eigenvalue weighted by atomic mass is 10.3. The zero-order valence-electron chi connectivity index (χ0n) is 13.2. The van der Waals surface area contributed by atoms with Crippen molar-refractivity contribution in [2.45, 2.75) is 0 Å². The number of anilines is 1. The molecule has 126 valence electrons. The Morgan fingerprint density at radius 2 is 1.92 bits per heavy atom. The monoisotopic (exact) mass is 398 g/mol. The highest BCUT2D eigenvalue weighted by Crippen LogP contribution is 2.17. The van der Waals surface area contributed by atoms with Gasteiger partial charge in [0.15, 0.2) is 5.69 Å². The van der Waals surface area contributed by atoms with Gasteiger partial charge in [-0.05, 0) is 36.4 Å². The summed E-state index contributed by atoms with van der Waals surface area (Å²) in [5, 5.41) is 5.46. The van der Waals surface area contributed by atoms with E-state index in [9.17, 15) is 9.59 Å². The third-order valence-corrected chi connectivity index (χ3v) is 4.00. The van der Waals surface area contributed by atoms with Crippen molar-refractivity contribution in [2.24, 2.45) is 0 Å². The van der Waals surface area contributed by atoms with Gasteiger partial charge in [-0.2, -0.15) is 0 Å². The van der Waals surface area contributed by atoms with Crippen molar-refractivity contribution < 1.29 is 9.59 Å². The minimum Gasteiger partial charge on any atom is -0.347 e. The standard InChI is InChI=1S/C18H15BrN4O2/c1-2-10-20-17(24)15-14-5-3-4-11-23(14)16(22-15)18(25)21-13-8-6-12(19)7-9-13/h2-9,11H,1,10H2,(H,20,24)(H,21,25). The average Bonchev–Trinajstić information content (AvgIpc) is 3.01. The van der Waals surface area contributed by atoms with E-state index in [1.807, 2.05) is 12.1 Å². The summed E-state index contributed by atoms with van der Waals surface area (Å²) in [5.41, 5.74) is 1.40. The first-order valence-electron chi connectivity index (χ1n) is 7.53. The number of amides is 2. The molecular weight excluding hydrogens is 384 g/mol. The summed E-state index contributed by atoms with van der Waals surface area (Å²) < 4.78 is 2.51. The topological polar surface area (TPSA) is 75.5 Å². The Balaban J connectivity index is 1.95. The fraction of sp³-hybridized carbons (Fsp3) is 0.0556. The highest BCUT2D eigenvalue weighted by Gasteiger charge is 2.21. The maximum absolute atomic E-state index is 12.6. The third-order valence-electron chi connectivity index (χ3n) is 3.48. The van der Waals surface area contributed by atoms with Crippen LogP contribution in [0.1, 0.15) is 21.1 Å². The van der Waals surface area contributed by atoms with E-state index in [-0.39, 0.29) is 17.4 Å². The fourth-order valence-corrected chi connectivity index (χ4v) is 2.60. The van der Waals surface area contributed by atoms with Crippen molar-refractivity contribution in [1.29, 1.82) is 0 Å². The number of carbonyl (C=O) groups is 2. The zero-order chi connectivity index (χ0) is 17.8. The molecule has 7 heteroatoms. The quantitative estimate of drug-likeness (QED) is 0.647. The minimum absolute atomic E-state index is 0.141.